The van der Waals surface area contributed by atoms with Gasteiger partial charge in [0.25, 0.3) is 0 Å². The first-order valence-electron chi connectivity index (χ1n) is 7.10. The second-order valence-electron chi connectivity index (χ2n) is 4.46. The third-order valence-corrected chi connectivity index (χ3v) is 2.67. The summed E-state index contributed by atoms with van der Waals surface area (Å²) in [6.45, 7) is 6.52. The summed E-state index contributed by atoms with van der Waals surface area (Å²) in [7, 11) is 1.71. The molecule has 1 rings (SSSR count). The van der Waals surface area contributed by atoms with Gasteiger partial charge in [0, 0.05) is 20.2 Å². The van der Waals surface area contributed by atoms with Gasteiger partial charge in [0.1, 0.15) is 17.7 Å². The lowest BCUT2D eigenvalue weighted by Gasteiger charge is -2.17. The smallest absolute Gasteiger partial charge is 0.191 e. The number of aliphatic imine (C=N–C) groups is 1. The molecule has 1 unspecified atom stereocenters. The lowest BCUT2D eigenvalue weighted by atomic mass is 10.3. The number of ether oxygens (including phenoxy) is 2. The number of guanidine groups is 1. The lowest BCUT2D eigenvalue weighted by Crippen LogP contribution is -2.42. The number of hydrogen-bond donors (Lipinski definition) is 2. The van der Waals surface area contributed by atoms with Gasteiger partial charge in [-0.15, -0.1) is 24.0 Å². The summed E-state index contributed by atoms with van der Waals surface area (Å²) in [6.07, 6.45) is -0.0686. The Bertz CT molecular complexity index is 429. The highest BCUT2D eigenvalue weighted by molar-refractivity contribution is 14.0. The highest BCUT2D eigenvalue weighted by atomic mass is 127. The number of nitrogens with one attached hydrogen (secondary N) is 2. The van der Waals surface area contributed by atoms with Crippen LogP contribution >= 0.6 is 24.0 Å². The van der Waals surface area contributed by atoms with E-state index in [0.29, 0.717) is 38.0 Å². The van der Waals surface area contributed by atoms with Crippen LogP contribution in [0.3, 0.4) is 0 Å². The normalized spacial score (nSPS) is 12.3. The molecule has 0 spiro atoms. The van der Waals surface area contributed by atoms with E-state index in [2.05, 4.69) is 15.6 Å². The van der Waals surface area contributed by atoms with E-state index in [9.17, 15) is 4.39 Å². The Labute approximate surface area is 148 Å². The average molecular weight is 425 g/mol. The fourth-order valence-electron chi connectivity index (χ4n) is 1.63. The third-order valence-electron chi connectivity index (χ3n) is 2.67. The predicted molar refractivity (Wildman–Crippen MR) is 97.8 cm³/mol. The van der Waals surface area contributed by atoms with Crippen molar-refractivity contribution in [2.75, 3.05) is 33.4 Å². The molecule has 1 aromatic carbocycles. The van der Waals surface area contributed by atoms with Gasteiger partial charge in [-0.2, -0.15) is 0 Å². The Morgan fingerprint density at radius 2 is 1.95 bits per heavy atom. The zero-order chi connectivity index (χ0) is 15.5. The molecule has 2 N–H and O–H groups in total. The molecule has 0 radical (unpaired) electrons. The van der Waals surface area contributed by atoms with E-state index in [1.165, 1.54) is 12.1 Å². The SMILES string of the molecule is CCOCCNC(=NC)NCC(C)Oc1ccc(F)cc1.I. The molecule has 0 aliphatic rings. The number of benzene rings is 1. The summed E-state index contributed by atoms with van der Waals surface area (Å²) in [5.74, 6) is 1.07. The van der Waals surface area contributed by atoms with Gasteiger partial charge < -0.3 is 20.1 Å². The first-order chi connectivity index (χ1) is 10.2. The fraction of sp³-hybridized carbons (Fsp3) is 0.533. The minimum atomic E-state index is -0.271. The van der Waals surface area contributed by atoms with Crippen LogP contribution in [0.4, 0.5) is 4.39 Å². The first-order valence-corrected chi connectivity index (χ1v) is 7.10. The van der Waals surface area contributed by atoms with Crippen LogP contribution in [0.2, 0.25) is 0 Å². The van der Waals surface area contributed by atoms with Crippen molar-refractivity contribution in [1.29, 1.82) is 0 Å². The van der Waals surface area contributed by atoms with Crippen molar-refractivity contribution in [3.8, 4) is 5.75 Å². The molecule has 0 saturated carbocycles. The Morgan fingerprint density at radius 3 is 2.55 bits per heavy atom. The van der Waals surface area contributed by atoms with Crippen molar-refractivity contribution in [1.82, 2.24) is 10.6 Å². The molecule has 0 amide bonds. The fourth-order valence-corrected chi connectivity index (χ4v) is 1.63. The van der Waals surface area contributed by atoms with Gasteiger partial charge in [-0.1, -0.05) is 0 Å². The van der Waals surface area contributed by atoms with Gasteiger partial charge in [0.15, 0.2) is 5.96 Å². The largest absolute Gasteiger partial charge is 0.489 e. The molecule has 0 heterocycles. The second-order valence-corrected chi connectivity index (χ2v) is 4.46. The Hall–Kier alpha value is -1.09. The van der Waals surface area contributed by atoms with Gasteiger partial charge in [-0.05, 0) is 38.1 Å². The zero-order valence-corrected chi connectivity index (χ0v) is 15.6. The van der Waals surface area contributed by atoms with Crippen LogP contribution in [0.25, 0.3) is 0 Å². The van der Waals surface area contributed by atoms with Crippen molar-refractivity contribution < 1.29 is 13.9 Å². The van der Waals surface area contributed by atoms with E-state index in [1.54, 1.807) is 19.2 Å². The number of rotatable bonds is 8. The van der Waals surface area contributed by atoms with Gasteiger partial charge in [0.2, 0.25) is 0 Å². The summed E-state index contributed by atoms with van der Waals surface area (Å²) < 4.78 is 23.7. The molecule has 0 fully saturated rings. The summed E-state index contributed by atoms with van der Waals surface area (Å²) in [5, 5.41) is 6.30. The maximum atomic E-state index is 12.8. The average Bonchev–Trinajstić information content (AvgIpc) is 2.49. The van der Waals surface area contributed by atoms with E-state index in [0.717, 1.165) is 0 Å². The van der Waals surface area contributed by atoms with Gasteiger partial charge >= 0.3 is 0 Å². The van der Waals surface area contributed by atoms with Crippen molar-refractivity contribution in [2.24, 2.45) is 4.99 Å². The summed E-state index contributed by atoms with van der Waals surface area (Å²) in [4.78, 5) is 4.11. The second kappa shape index (κ2) is 12.5. The molecule has 0 aliphatic heterocycles. The molecule has 1 atom stereocenters. The van der Waals surface area contributed by atoms with Crippen LogP contribution in [0.1, 0.15) is 13.8 Å². The predicted octanol–water partition coefficient (Wildman–Crippen LogP) is 2.41. The van der Waals surface area contributed by atoms with Crippen LogP contribution in [0.5, 0.6) is 5.75 Å². The van der Waals surface area contributed by atoms with Crippen LogP contribution in [0.15, 0.2) is 29.3 Å². The molecule has 0 bridgehead atoms. The first kappa shape index (κ1) is 20.9. The highest BCUT2D eigenvalue weighted by Crippen LogP contribution is 2.12. The monoisotopic (exact) mass is 425 g/mol. The Kier molecular flexibility index (Phi) is 11.8. The minimum absolute atomic E-state index is 0. The van der Waals surface area contributed by atoms with Crippen molar-refractivity contribution in [2.45, 2.75) is 20.0 Å². The van der Waals surface area contributed by atoms with E-state index < -0.39 is 0 Å². The molecule has 0 aromatic heterocycles. The Balaban J connectivity index is 0.00000441. The van der Waals surface area contributed by atoms with E-state index in [4.69, 9.17) is 9.47 Å². The van der Waals surface area contributed by atoms with Crippen LogP contribution in [0, 0.1) is 5.82 Å². The van der Waals surface area contributed by atoms with Crippen molar-refractivity contribution in [3.05, 3.63) is 30.1 Å². The van der Waals surface area contributed by atoms with Gasteiger partial charge in [0.05, 0.1) is 13.2 Å². The zero-order valence-electron chi connectivity index (χ0n) is 13.3. The number of nitrogens with zero attached hydrogens (tertiary/aromatic N) is 1. The molecule has 0 aliphatic carbocycles. The van der Waals surface area contributed by atoms with E-state index >= 15 is 0 Å². The van der Waals surface area contributed by atoms with Crippen molar-refractivity contribution in [3.63, 3.8) is 0 Å². The van der Waals surface area contributed by atoms with Crippen LogP contribution < -0.4 is 15.4 Å². The minimum Gasteiger partial charge on any atom is -0.489 e. The summed E-state index contributed by atoms with van der Waals surface area (Å²) in [6, 6.07) is 5.98. The van der Waals surface area contributed by atoms with Crippen molar-refractivity contribution >= 4 is 29.9 Å². The maximum Gasteiger partial charge on any atom is 0.191 e. The van der Waals surface area contributed by atoms with Crippen LogP contribution in [-0.4, -0.2) is 45.4 Å². The maximum absolute atomic E-state index is 12.8. The Morgan fingerprint density at radius 1 is 1.27 bits per heavy atom. The summed E-state index contributed by atoms with van der Waals surface area (Å²) >= 11 is 0. The molecule has 0 saturated heterocycles. The quantitative estimate of drug-likeness (QED) is 0.291. The molecule has 7 heteroatoms. The van der Waals surface area contributed by atoms with Gasteiger partial charge in [-0.25, -0.2) is 4.39 Å². The number of halogens is 2. The highest BCUT2D eigenvalue weighted by Gasteiger charge is 2.05. The summed E-state index contributed by atoms with van der Waals surface area (Å²) in [5.41, 5.74) is 0. The molecular formula is C15H25FIN3O2. The molecular weight excluding hydrogens is 400 g/mol. The standard InChI is InChI=1S/C15H24FN3O2.HI/c1-4-20-10-9-18-15(17-3)19-11-12(2)21-14-7-5-13(16)6-8-14;/h5-8,12H,4,9-11H2,1-3H3,(H2,17,18,19);1H. The van der Waals surface area contributed by atoms with E-state index in [1.807, 2.05) is 13.8 Å². The van der Waals surface area contributed by atoms with Gasteiger partial charge in [-0.3, -0.25) is 4.99 Å². The molecule has 126 valence electrons. The molecule has 5 nitrogen and oxygen atoms in total. The van der Waals surface area contributed by atoms with E-state index in [-0.39, 0.29) is 35.9 Å². The number of hydrogen-bond acceptors (Lipinski definition) is 3. The molecule has 22 heavy (non-hydrogen) atoms. The van der Waals surface area contributed by atoms with Crippen LogP contribution in [-0.2, 0) is 4.74 Å². The molecule has 1 aromatic rings. The lowest BCUT2D eigenvalue weighted by molar-refractivity contribution is 0.152. The topological polar surface area (TPSA) is 54.9 Å². The third kappa shape index (κ3) is 9.04.